The van der Waals surface area contributed by atoms with Gasteiger partial charge in [0.2, 0.25) is 11.8 Å². The molecule has 1 saturated carbocycles. The Labute approximate surface area is 139 Å². The Kier molecular flexibility index (Phi) is 4.30. The molecule has 0 bridgehead atoms. The van der Waals surface area contributed by atoms with Crippen LogP contribution in [0.15, 0.2) is 48.7 Å². The fraction of sp³-hybridized carbons (Fsp3) is 0.235. The van der Waals surface area contributed by atoms with Crippen LogP contribution in [-0.2, 0) is 16.1 Å². The zero-order chi connectivity index (χ0) is 16.3. The van der Waals surface area contributed by atoms with Crippen LogP contribution < -0.4 is 10.6 Å². The first kappa shape index (κ1) is 15.5. The molecule has 5 nitrogen and oxygen atoms in total. The Hall–Kier alpha value is -2.40. The Morgan fingerprint density at radius 3 is 2.48 bits per heavy atom. The van der Waals surface area contributed by atoms with Crippen molar-refractivity contribution in [1.82, 2.24) is 10.3 Å². The van der Waals surface area contributed by atoms with Crippen molar-refractivity contribution in [2.45, 2.75) is 19.4 Å². The largest absolute Gasteiger partial charge is 0.350 e. The smallest absolute Gasteiger partial charge is 0.240 e. The molecule has 1 aliphatic carbocycles. The van der Waals surface area contributed by atoms with Crippen molar-refractivity contribution in [3.05, 3.63) is 59.4 Å². The van der Waals surface area contributed by atoms with Crippen LogP contribution in [0.1, 0.15) is 18.5 Å². The molecular weight excluding hydrogens is 314 g/mol. The average molecular weight is 330 g/mol. The Morgan fingerprint density at radius 1 is 1.09 bits per heavy atom. The van der Waals surface area contributed by atoms with Crippen molar-refractivity contribution in [2.75, 3.05) is 5.32 Å². The highest BCUT2D eigenvalue weighted by atomic mass is 35.5. The highest BCUT2D eigenvalue weighted by molar-refractivity contribution is 6.34. The van der Waals surface area contributed by atoms with Gasteiger partial charge in [-0.05, 0) is 37.1 Å². The maximum atomic E-state index is 12.5. The van der Waals surface area contributed by atoms with Gasteiger partial charge < -0.3 is 10.6 Å². The van der Waals surface area contributed by atoms with Gasteiger partial charge in [-0.1, -0.05) is 29.8 Å². The molecule has 6 heteroatoms. The predicted molar refractivity (Wildman–Crippen MR) is 87.8 cm³/mol. The standard InChI is InChI=1S/C17H16ClN3O2/c18-13-6-1-2-7-14(13)21-16(23)17(8-9-17)15(22)20-11-12-5-3-4-10-19-12/h1-7,10H,8-9,11H2,(H,20,22)(H,21,23). The van der Waals surface area contributed by atoms with Gasteiger partial charge in [0.15, 0.2) is 0 Å². The fourth-order valence-corrected chi connectivity index (χ4v) is 2.51. The third kappa shape index (κ3) is 3.35. The SMILES string of the molecule is O=C(NCc1ccccn1)C1(C(=O)Nc2ccccc2Cl)CC1. The molecule has 0 unspecified atom stereocenters. The number of carbonyl (C=O) groups excluding carboxylic acids is 2. The second kappa shape index (κ2) is 6.38. The minimum atomic E-state index is -0.992. The number of benzene rings is 1. The molecule has 0 saturated heterocycles. The van der Waals surface area contributed by atoms with Crippen LogP contribution in [0.2, 0.25) is 5.02 Å². The second-order valence-corrected chi connectivity index (χ2v) is 5.93. The van der Waals surface area contributed by atoms with Gasteiger partial charge in [0, 0.05) is 6.20 Å². The third-order valence-corrected chi connectivity index (χ3v) is 4.23. The first-order chi connectivity index (χ1) is 11.1. The first-order valence-corrected chi connectivity index (χ1v) is 7.74. The first-order valence-electron chi connectivity index (χ1n) is 7.36. The van der Waals surface area contributed by atoms with Gasteiger partial charge in [0.1, 0.15) is 5.41 Å². The summed E-state index contributed by atoms with van der Waals surface area (Å²) in [7, 11) is 0. The molecule has 2 aromatic rings. The summed E-state index contributed by atoms with van der Waals surface area (Å²) in [4.78, 5) is 29.0. The van der Waals surface area contributed by atoms with Crippen LogP contribution in [0.5, 0.6) is 0 Å². The summed E-state index contributed by atoms with van der Waals surface area (Å²) in [5.41, 5.74) is 0.277. The maximum absolute atomic E-state index is 12.5. The molecule has 0 radical (unpaired) electrons. The van der Waals surface area contributed by atoms with Crippen LogP contribution >= 0.6 is 11.6 Å². The summed E-state index contributed by atoms with van der Waals surface area (Å²) >= 11 is 6.04. The van der Waals surface area contributed by atoms with Crippen LogP contribution in [-0.4, -0.2) is 16.8 Å². The van der Waals surface area contributed by atoms with E-state index in [-0.39, 0.29) is 11.8 Å². The molecule has 0 spiro atoms. The lowest BCUT2D eigenvalue weighted by atomic mass is 10.0. The lowest BCUT2D eigenvalue weighted by Gasteiger charge is -2.16. The number of nitrogens with one attached hydrogen (secondary N) is 2. The molecule has 0 atom stereocenters. The molecule has 2 N–H and O–H groups in total. The highest BCUT2D eigenvalue weighted by Gasteiger charge is 2.56. The normalized spacial score (nSPS) is 14.8. The lowest BCUT2D eigenvalue weighted by molar-refractivity contribution is -0.134. The van der Waals surface area contributed by atoms with Crippen molar-refractivity contribution in [3.63, 3.8) is 0 Å². The molecule has 0 aliphatic heterocycles. The summed E-state index contributed by atoms with van der Waals surface area (Å²) in [6.45, 7) is 0.306. The third-order valence-electron chi connectivity index (χ3n) is 3.90. The summed E-state index contributed by atoms with van der Waals surface area (Å²) in [6, 6.07) is 12.5. The van der Waals surface area contributed by atoms with Gasteiger partial charge in [-0.25, -0.2) is 0 Å². The molecular formula is C17H16ClN3O2. The van der Waals surface area contributed by atoms with Gasteiger partial charge in [0.25, 0.3) is 0 Å². The van der Waals surface area contributed by atoms with E-state index < -0.39 is 5.41 Å². The second-order valence-electron chi connectivity index (χ2n) is 5.52. The fourth-order valence-electron chi connectivity index (χ4n) is 2.33. The molecule has 1 aromatic carbocycles. The Morgan fingerprint density at radius 2 is 1.83 bits per heavy atom. The topological polar surface area (TPSA) is 71.1 Å². The van der Waals surface area contributed by atoms with Gasteiger partial charge in [0.05, 0.1) is 22.9 Å². The lowest BCUT2D eigenvalue weighted by Crippen LogP contribution is -2.39. The van der Waals surface area contributed by atoms with E-state index in [2.05, 4.69) is 15.6 Å². The van der Waals surface area contributed by atoms with E-state index in [1.807, 2.05) is 18.2 Å². The Balaban J connectivity index is 1.63. The van der Waals surface area contributed by atoms with Gasteiger partial charge in [-0.15, -0.1) is 0 Å². The average Bonchev–Trinajstić information content (AvgIpc) is 3.38. The highest BCUT2D eigenvalue weighted by Crippen LogP contribution is 2.47. The van der Waals surface area contributed by atoms with Crippen LogP contribution in [0, 0.1) is 5.41 Å². The number of para-hydroxylation sites is 1. The van der Waals surface area contributed by atoms with E-state index in [4.69, 9.17) is 11.6 Å². The molecule has 2 amide bonds. The van der Waals surface area contributed by atoms with E-state index in [0.29, 0.717) is 30.1 Å². The number of pyridine rings is 1. The maximum Gasteiger partial charge on any atom is 0.240 e. The number of rotatable bonds is 5. The summed E-state index contributed by atoms with van der Waals surface area (Å²) in [5.74, 6) is -0.586. The minimum Gasteiger partial charge on any atom is -0.350 e. The number of anilines is 1. The van der Waals surface area contributed by atoms with E-state index in [9.17, 15) is 9.59 Å². The zero-order valence-corrected chi connectivity index (χ0v) is 13.1. The molecule has 1 fully saturated rings. The van der Waals surface area contributed by atoms with Gasteiger partial charge in [-0.3, -0.25) is 14.6 Å². The van der Waals surface area contributed by atoms with E-state index >= 15 is 0 Å². The molecule has 1 heterocycles. The molecule has 3 rings (SSSR count). The van der Waals surface area contributed by atoms with E-state index in [0.717, 1.165) is 5.69 Å². The minimum absolute atomic E-state index is 0.271. The van der Waals surface area contributed by atoms with Crippen LogP contribution in [0.4, 0.5) is 5.69 Å². The van der Waals surface area contributed by atoms with Crippen molar-refractivity contribution in [1.29, 1.82) is 0 Å². The predicted octanol–water partition coefficient (Wildman–Crippen LogP) is 2.77. The summed E-state index contributed by atoms with van der Waals surface area (Å²) < 4.78 is 0. The van der Waals surface area contributed by atoms with Crippen molar-refractivity contribution < 1.29 is 9.59 Å². The number of halogens is 1. The number of nitrogens with zero attached hydrogens (tertiary/aromatic N) is 1. The number of carbonyl (C=O) groups is 2. The summed E-state index contributed by atoms with van der Waals surface area (Å²) in [6.07, 6.45) is 2.74. The van der Waals surface area contributed by atoms with E-state index in [1.54, 1.807) is 30.5 Å². The number of aromatic nitrogens is 1. The summed E-state index contributed by atoms with van der Waals surface area (Å²) in [5, 5.41) is 5.98. The van der Waals surface area contributed by atoms with Crippen molar-refractivity contribution >= 4 is 29.1 Å². The molecule has 23 heavy (non-hydrogen) atoms. The van der Waals surface area contributed by atoms with Crippen molar-refractivity contribution in [3.8, 4) is 0 Å². The Bertz CT molecular complexity index is 730. The zero-order valence-electron chi connectivity index (χ0n) is 12.4. The van der Waals surface area contributed by atoms with Crippen LogP contribution in [0.25, 0.3) is 0 Å². The number of amides is 2. The number of hydrogen-bond donors (Lipinski definition) is 2. The van der Waals surface area contributed by atoms with Gasteiger partial charge >= 0.3 is 0 Å². The molecule has 1 aliphatic rings. The van der Waals surface area contributed by atoms with Crippen molar-refractivity contribution in [2.24, 2.45) is 5.41 Å². The molecule has 118 valence electrons. The monoisotopic (exact) mass is 329 g/mol. The van der Waals surface area contributed by atoms with Crippen LogP contribution in [0.3, 0.4) is 0 Å². The van der Waals surface area contributed by atoms with Gasteiger partial charge in [-0.2, -0.15) is 0 Å². The quantitative estimate of drug-likeness (QED) is 0.829. The molecule has 1 aromatic heterocycles. The van der Waals surface area contributed by atoms with E-state index in [1.165, 1.54) is 0 Å². The number of hydrogen-bond acceptors (Lipinski definition) is 3.